The highest BCUT2D eigenvalue weighted by Gasteiger charge is 2.20. The molecule has 1 atom stereocenters. The fourth-order valence-electron chi connectivity index (χ4n) is 1.65. The van der Waals surface area contributed by atoms with Crippen LogP contribution < -0.4 is 0 Å². The van der Waals surface area contributed by atoms with Crippen LogP contribution in [0.4, 0.5) is 0 Å². The highest BCUT2D eigenvalue weighted by Crippen LogP contribution is 2.25. The van der Waals surface area contributed by atoms with Crippen molar-refractivity contribution in [3.8, 4) is 0 Å². The summed E-state index contributed by atoms with van der Waals surface area (Å²) in [6.45, 7) is 2.00. The number of benzene rings is 1. The smallest absolute Gasteiger partial charge is 0.374 e. The van der Waals surface area contributed by atoms with Crippen LogP contribution >= 0.6 is 15.9 Å². The average Bonchev–Trinajstić information content (AvgIpc) is 2.35. The van der Waals surface area contributed by atoms with Gasteiger partial charge in [0.2, 0.25) is 5.78 Å². The molecule has 1 aromatic carbocycles. The zero-order chi connectivity index (χ0) is 12.8. The molecular formula is C13H15BrO3. The number of methoxy groups -OCH3 is 1. The molecular weight excluding hydrogens is 284 g/mol. The molecule has 0 unspecified atom stereocenters. The van der Waals surface area contributed by atoms with Crippen LogP contribution in [0.3, 0.4) is 0 Å². The first-order chi connectivity index (χ1) is 8.08. The van der Waals surface area contributed by atoms with Crippen LogP contribution in [0, 0.1) is 0 Å². The second-order valence-corrected chi connectivity index (χ2v) is 4.69. The Morgan fingerprint density at radius 3 is 2.35 bits per heavy atom. The van der Waals surface area contributed by atoms with Crippen LogP contribution in [0.1, 0.15) is 31.2 Å². The Hall–Kier alpha value is -1.16. The molecule has 3 nitrogen and oxygen atoms in total. The van der Waals surface area contributed by atoms with Gasteiger partial charge in [0, 0.05) is 10.9 Å². The minimum absolute atomic E-state index is 0.0645. The van der Waals surface area contributed by atoms with Gasteiger partial charge in [-0.05, 0) is 30.0 Å². The predicted molar refractivity (Wildman–Crippen MR) is 68.8 cm³/mol. The molecule has 17 heavy (non-hydrogen) atoms. The van der Waals surface area contributed by atoms with Crippen molar-refractivity contribution in [1.29, 1.82) is 0 Å². The number of halogens is 1. The third-order valence-electron chi connectivity index (χ3n) is 2.68. The van der Waals surface area contributed by atoms with Crippen molar-refractivity contribution in [3.05, 3.63) is 34.3 Å². The summed E-state index contributed by atoms with van der Waals surface area (Å²) in [5.74, 6) is -1.17. The summed E-state index contributed by atoms with van der Waals surface area (Å²) in [6.07, 6.45) is 1.01. The number of carbonyl (C=O) groups excluding carboxylic acids is 2. The number of Topliss-reactive ketones (excluding diaryl/α,β-unsaturated/α-hetero) is 1. The first kappa shape index (κ1) is 13.9. The molecule has 4 heteroatoms. The molecule has 0 heterocycles. The van der Waals surface area contributed by atoms with Crippen LogP contribution in [0.5, 0.6) is 0 Å². The van der Waals surface area contributed by atoms with E-state index in [9.17, 15) is 9.59 Å². The van der Waals surface area contributed by atoms with Gasteiger partial charge in [-0.1, -0.05) is 35.0 Å². The third-order valence-corrected chi connectivity index (χ3v) is 3.21. The monoisotopic (exact) mass is 298 g/mol. The van der Waals surface area contributed by atoms with E-state index in [0.29, 0.717) is 0 Å². The molecule has 0 spiro atoms. The lowest BCUT2D eigenvalue weighted by atomic mass is 9.91. The summed E-state index contributed by atoms with van der Waals surface area (Å²) in [6, 6.07) is 7.78. The van der Waals surface area contributed by atoms with Gasteiger partial charge in [0.1, 0.15) is 0 Å². The SMILES string of the molecule is CC[C@H](CC(=O)C(=O)OC)c1ccc(Br)cc1. The van der Waals surface area contributed by atoms with E-state index in [2.05, 4.69) is 20.7 Å². The van der Waals surface area contributed by atoms with Crippen LogP contribution in [-0.2, 0) is 14.3 Å². The Morgan fingerprint density at radius 1 is 1.29 bits per heavy atom. The predicted octanol–water partition coefficient (Wildman–Crippen LogP) is 3.07. The van der Waals surface area contributed by atoms with Crippen LogP contribution in [0.25, 0.3) is 0 Å². The Labute approximate surface area is 109 Å². The fraction of sp³-hybridized carbons (Fsp3) is 0.385. The minimum atomic E-state index is -0.763. The molecule has 0 fully saturated rings. The lowest BCUT2D eigenvalue weighted by Crippen LogP contribution is -2.18. The number of hydrogen-bond donors (Lipinski definition) is 0. The maximum absolute atomic E-state index is 11.5. The molecule has 0 radical (unpaired) electrons. The first-order valence-electron chi connectivity index (χ1n) is 5.45. The van der Waals surface area contributed by atoms with Crippen molar-refractivity contribution >= 4 is 27.7 Å². The zero-order valence-electron chi connectivity index (χ0n) is 9.90. The lowest BCUT2D eigenvalue weighted by molar-refractivity contribution is -0.151. The quantitative estimate of drug-likeness (QED) is 0.620. The van der Waals surface area contributed by atoms with Gasteiger partial charge in [-0.15, -0.1) is 0 Å². The number of carbonyl (C=O) groups is 2. The van der Waals surface area contributed by atoms with Crippen molar-refractivity contribution in [3.63, 3.8) is 0 Å². The second kappa shape index (κ2) is 6.55. The summed E-state index contributed by atoms with van der Waals surface area (Å²) in [5, 5.41) is 0. The Kier molecular flexibility index (Phi) is 5.35. The highest BCUT2D eigenvalue weighted by atomic mass is 79.9. The maximum Gasteiger partial charge on any atom is 0.374 e. The van der Waals surface area contributed by atoms with Gasteiger partial charge < -0.3 is 4.74 Å². The van der Waals surface area contributed by atoms with E-state index in [0.717, 1.165) is 16.5 Å². The standard InChI is InChI=1S/C13H15BrO3/c1-3-9(8-12(15)13(16)17-2)10-4-6-11(14)7-5-10/h4-7,9H,3,8H2,1-2H3/t9-/m1/s1. The van der Waals surface area contributed by atoms with E-state index in [-0.39, 0.29) is 12.3 Å². The Bertz CT molecular complexity index is 398. The molecule has 92 valence electrons. The number of rotatable bonds is 5. The second-order valence-electron chi connectivity index (χ2n) is 3.78. The fourth-order valence-corrected chi connectivity index (χ4v) is 1.92. The van der Waals surface area contributed by atoms with E-state index >= 15 is 0 Å². The molecule has 0 saturated heterocycles. The normalized spacial score (nSPS) is 11.9. The number of ketones is 1. The molecule has 0 saturated carbocycles. The van der Waals surface area contributed by atoms with Crippen molar-refractivity contribution in [1.82, 2.24) is 0 Å². The molecule has 0 N–H and O–H groups in total. The van der Waals surface area contributed by atoms with Crippen LogP contribution in [0.15, 0.2) is 28.7 Å². The summed E-state index contributed by atoms with van der Waals surface area (Å²) < 4.78 is 5.41. The van der Waals surface area contributed by atoms with Crippen LogP contribution in [0.2, 0.25) is 0 Å². The van der Waals surface area contributed by atoms with E-state index < -0.39 is 11.8 Å². The van der Waals surface area contributed by atoms with E-state index in [1.165, 1.54) is 7.11 Å². The largest absolute Gasteiger partial charge is 0.463 e. The van der Waals surface area contributed by atoms with Gasteiger partial charge in [-0.2, -0.15) is 0 Å². The number of ether oxygens (including phenoxy) is 1. The van der Waals surface area contributed by atoms with Crippen LogP contribution in [-0.4, -0.2) is 18.9 Å². The number of esters is 1. The van der Waals surface area contributed by atoms with Gasteiger partial charge in [-0.25, -0.2) is 4.79 Å². The molecule has 1 rings (SSSR count). The van der Waals surface area contributed by atoms with E-state index in [1.54, 1.807) is 0 Å². The third kappa shape index (κ3) is 3.97. The molecule has 0 aliphatic rings. The van der Waals surface area contributed by atoms with Crippen molar-refractivity contribution in [2.45, 2.75) is 25.7 Å². The molecule has 0 aliphatic carbocycles. The van der Waals surface area contributed by atoms with Gasteiger partial charge in [0.05, 0.1) is 7.11 Å². The van der Waals surface area contributed by atoms with E-state index in [1.807, 2.05) is 31.2 Å². The highest BCUT2D eigenvalue weighted by molar-refractivity contribution is 9.10. The summed E-state index contributed by atoms with van der Waals surface area (Å²) in [7, 11) is 1.22. The zero-order valence-corrected chi connectivity index (χ0v) is 11.5. The lowest BCUT2D eigenvalue weighted by Gasteiger charge is -2.13. The van der Waals surface area contributed by atoms with Gasteiger partial charge in [-0.3, -0.25) is 4.79 Å². The Balaban J connectivity index is 2.75. The van der Waals surface area contributed by atoms with Gasteiger partial charge in [0.15, 0.2) is 0 Å². The summed E-state index contributed by atoms with van der Waals surface area (Å²) in [5.41, 5.74) is 1.06. The van der Waals surface area contributed by atoms with Crippen molar-refractivity contribution in [2.24, 2.45) is 0 Å². The van der Waals surface area contributed by atoms with Gasteiger partial charge in [0.25, 0.3) is 0 Å². The van der Waals surface area contributed by atoms with Crippen molar-refractivity contribution in [2.75, 3.05) is 7.11 Å². The average molecular weight is 299 g/mol. The molecule has 1 aromatic rings. The topological polar surface area (TPSA) is 43.4 Å². The maximum atomic E-state index is 11.5. The van der Waals surface area contributed by atoms with Crippen molar-refractivity contribution < 1.29 is 14.3 Å². The molecule has 0 aromatic heterocycles. The van der Waals surface area contributed by atoms with Gasteiger partial charge >= 0.3 is 5.97 Å². The summed E-state index contributed by atoms with van der Waals surface area (Å²) >= 11 is 3.36. The molecule has 0 bridgehead atoms. The van der Waals surface area contributed by atoms with E-state index in [4.69, 9.17) is 0 Å². The number of hydrogen-bond acceptors (Lipinski definition) is 3. The first-order valence-corrected chi connectivity index (χ1v) is 6.24. The Morgan fingerprint density at radius 2 is 1.88 bits per heavy atom. The molecule has 0 amide bonds. The minimum Gasteiger partial charge on any atom is -0.463 e. The summed E-state index contributed by atoms with van der Waals surface area (Å²) in [4.78, 5) is 22.6. The molecule has 0 aliphatic heterocycles.